The highest BCUT2D eigenvalue weighted by Gasteiger charge is 2.45. The third-order valence-corrected chi connectivity index (χ3v) is 6.14. The maximum Gasteiger partial charge on any atom is 0.317 e. The van der Waals surface area contributed by atoms with Gasteiger partial charge in [0.05, 0.1) is 0 Å². The fourth-order valence-electron chi connectivity index (χ4n) is 4.42. The van der Waals surface area contributed by atoms with Crippen molar-refractivity contribution < 1.29 is 9.90 Å². The van der Waals surface area contributed by atoms with E-state index in [0.29, 0.717) is 17.7 Å². The van der Waals surface area contributed by atoms with E-state index in [4.69, 9.17) is 0 Å². The van der Waals surface area contributed by atoms with E-state index in [2.05, 4.69) is 30.1 Å². The number of nitrogens with zero attached hydrogens (tertiary/aromatic N) is 2. The summed E-state index contributed by atoms with van der Waals surface area (Å²) >= 11 is 0. The molecule has 0 unspecified atom stereocenters. The molecule has 2 heterocycles. The lowest BCUT2D eigenvalue weighted by molar-refractivity contribution is 0.00738. The van der Waals surface area contributed by atoms with E-state index in [1.165, 1.54) is 5.56 Å². The van der Waals surface area contributed by atoms with Gasteiger partial charge < -0.3 is 15.3 Å². The molecule has 0 aliphatic carbocycles. The van der Waals surface area contributed by atoms with E-state index in [1.807, 2.05) is 37.8 Å². The standard InChI is InChI=1S/C21H33N3O2/c1-15-13-23-9-10-24(19(26)22-20(2,3)4)14-17(23)12-21(15,5)16-7-6-8-18(25)11-16/h6-8,11,15,17,25H,9-10,12-14H2,1-5H3,(H,22,26)/t15-,17+,21+/m0/s1. The number of amides is 2. The average Bonchev–Trinajstić information content (AvgIpc) is 2.54. The number of rotatable bonds is 1. The van der Waals surface area contributed by atoms with Gasteiger partial charge in [-0.25, -0.2) is 4.79 Å². The molecule has 2 aliphatic heterocycles. The summed E-state index contributed by atoms with van der Waals surface area (Å²) in [4.78, 5) is 17.1. The van der Waals surface area contributed by atoms with Gasteiger partial charge >= 0.3 is 6.03 Å². The molecule has 0 radical (unpaired) electrons. The van der Waals surface area contributed by atoms with Crippen molar-refractivity contribution in [1.29, 1.82) is 0 Å². The molecule has 3 rings (SSSR count). The lowest BCUT2D eigenvalue weighted by atomic mass is 9.65. The van der Waals surface area contributed by atoms with Crippen LogP contribution < -0.4 is 5.32 Å². The van der Waals surface area contributed by atoms with Crippen LogP contribution in [0.25, 0.3) is 0 Å². The lowest BCUT2D eigenvalue weighted by Gasteiger charge is -2.53. The van der Waals surface area contributed by atoms with Gasteiger partial charge in [-0.2, -0.15) is 0 Å². The van der Waals surface area contributed by atoms with Gasteiger partial charge in [0.15, 0.2) is 0 Å². The van der Waals surface area contributed by atoms with E-state index in [-0.39, 0.29) is 17.0 Å². The Labute approximate surface area is 157 Å². The summed E-state index contributed by atoms with van der Waals surface area (Å²) in [5.74, 6) is 0.823. The molecule has 2 aliphatic rings. The number of phenolic OH excluding ortho intramolecular Hbond substituents is 1. The van der Waals surface area contributed by atoms with Crippen LogP contribution in [-0.4, -0.2) is 58.7 Å². The highest BCUT2D eigenvalue weighted by Crippen LogP contribution is 2.43. The number of aromatic hydroxyl groups is 1. The fraction of sp³-hybridized carbons (Fsp3) is 0.667. The number of piperazine rings is 1. The Morgan fingerprint density at radius 1 is 1.27 bits per heavy atom. The zero-order chi connectivity index (χ0) is 19.1. The quantitative estimate of drug-likeness (QED) is 0.810. The average molecular weight is 360 g/mol. The molecule has 2 fully saturated rings. The summed E-state index contributed by atoms with van der Waals surface area (Å²) in [5, 5.41) is 13.0. The molecule has 3 atom stereocenters. The van der Waals surface area contributed by atoms with Crippen LogP contribution in [0.3, 0.4) is 0 Å². The van der Waals surface area contributed by atoms with Crippen LogP contribution in [0, 0.1) is 5.92 Å². The first-order valence-corrected chi connectivity index (χ1v) is 9.69. The lowest BCUT2D eigenvalue weighted by Crippen LogP contribution is -2.63. The number of piperidine rings is 1. The van der Waals surface area contributed by atoms with E-state index in [1.54, 1.807) is 6.07 Å². The van der Waals surface area contributed by atoms with Gasteiger partial charge in [-0.1, -0.05) is 26.0 Å². The zero-order valence-electron chi connectivity index (χ0n) is 16.7. The van der Waals surface area contributed by atoms with E-state index in [9.17, 15) is 9.90 Å². The molecule has 1 aromatic rings. The molecule has 5 heteroatoms. The molecule has 5 nitrogen and oxygen atoms in total. The van der Waals surface area contributed by atoms with Gasteiger partial charge in [0.25, 0.3) is 0 Å². The maximum atomic E-state index is 12.6. The normalized spacial score (nSPS) is 30.0. The van der Waals surface area contributed by atoms with Crippen molar-refractivity contribution in [2.75, 3.05) is 26.2 Å². The third-order valence-electron chi connectivity index (χ3n) is 6.14. The highest BCUT2D eigenvalue weighted by atomic mass is 16.3. The summed E-state index contributed by atoms with van der Waals surface area (Å²) < 4.78 is 0. The molecular formula is C21H33N3O2. The minimum Gasteiger partial charge on any atom is -0.508 e. The number of hydrogen-bond donors (Lipinski definition) is 2. The minimum atomic E-state index is -0.217. The van der Waals surface area contributed by atoms with Crippen LogP contribution in [0.15, 0.2) is 24.3 Å². The molecular weight excluding hydrogens is 326 g/mol. The Bertz CT molecular complexity index is 669. The SMILES string of the molecule is C[C@H]1CN2CCN(C(=O)NC(C)(C)C)C[C@H]2C[C@@]1(C)c1cccc(O)c1. The van der Waals surface area contributed by atoms with E-state index >= 15 is 0 Å². The number of benzene rings is 1. The second kappa shape index (κ2) is 6.76. The van der Waals surface area contributed by atoms with Crippen LogP contribution in [0.5, 0.6) is 5.75 Å². The van der Waals surface area contributed by atoms with E-state index in [0.717, 1.165) is 32.6 Å². The smallest absolute Gasteiger partial charge is 0.317 e. The maximum absolute atomic E-state index is 12.6. The van der Waals surface area contributed by atoms with Crippen LogP contribution in [0.2, 0.25) is 0 Å². The van der Waals surface area contributed by atoms with Crippen LogP contribution in [0.1, 0.15) is 46.6 Å². The molecule has 2 amide bonds. The first-order chi connectivity index (χ1) is 12.1. The number of urea groups is 1. The number of hydrogen-bond acceptors (Lipinski definition) is 3. The number of carbonyl (C=O) groups excluding carboxylic acids is 1. The van der Waals surface area contributed by atoms with Gasteiger partial charge in [0.2, 0.25) is 0 Å². The van der Waals surface area contributed by atoms with Crippen LogP contribution in [-0.2, 0) is 5.41 Å². The van der Waals surface area contributed by atoms with Gasteiger partial charge in [-0.3, -0.25) is 4.90 Å². The zero-order valence-corrected chi connectivity index (χ0v) is 16.7. The Balaban J connectivity index is 1.76. The number of phenols is 1. The Kier molecular flexibility index (Phi) is 4.95. The van der Waals surface area contributed by atoms with Gasteiger partial charge in [0.1, 0.15) is 5.75 Å². The third kappa shape index (κ3) is 3.83. The Morgan fingerprint density at radius 3 is 2.65 bits per heavy atom. The molecule has 0 aromatic heterocycles. The monoisotopic (exact) mass is 359 g/mol. The highest BCUT2D eigenvalue weighted by molar-refractivity contribution is 5.75. The van der Waals surface area contributed by atoms with Crippen molar-refractivity contribution in [3.05, 3.63) is 29.8 Å². The second-order valence-corrected chi connectivity index (χ2v) is 9.35. The van der Waals surface area contributed by atoms with Crippen molar-refractivity contribution in [2.45, 2.75) is 58.0 Å². The van der Waals surface area contributed by atoms with Gasteiger partial charge in [0, 0.05) is 37.8 Å². The molecule has 26 heavy (non-hydrogen) atoms. The molecule has 144 valence electrons. The van der Waals surface area contributed by atoms with Gasteiger partial charge in [-0.15, -0.1) is 0 Å². The van der Waals surface area contributed by atoms with Crippen molar-refractivity contribution in [1.82, 2.24) is 15.1 Å². The predicted octanol–water partition coefficient (Wildman–Crippen LogP) is 3.18. The summed E-state index contributed by atoms with van der Waals surface area (Å²) in [6, 6.07) is 8.08. The first kappa shape index (κ1) is 19.0. The largest absolute Gasteiger partial charge is 0.508 e. The van der Waals surface area contributed by atoms with Gasteiger partial charge in [-0.05, 0) is 56.2 Å². The Hall–Kier alpha value is -1.75. The van der Waals surface area contributed by atoms with Crippen molar-refractivity contribution in [2.24, 2.45) is 5.92 Å². The van der Waals surface area contributed by atoms with Crippen molar-refractivity contribution in [3.8, 4) is 5.75 Å². The summed E-state index contributed by atoms with van der Waals surface area (Å²) in [7, 11) is 0. The number of carbonyl (C=O) groups is 1. The topological polar surface area (TPSA) is 55.8 Å². The summed E-state index contributed by atoms with van der Waals surface area (Å²) in [6.45, 7) is 14.2. The predicted molar refractivity (Wildman–Crippen MR) is 104 cm³/mol. The molecule has 2 N–H and O–H groups in total. The molecule has 1 aromatic carbocycles. The van der Waals surface area contributed by atoms with Crippen LogP contribution >= 0.6 is 0 Å². The van der Waals surface area contributed by atoms with Crippen molar-refractivity contribution in [3.63, 3.8) is 0 Å². The first-order valence-electron chi connectivity index (χ1n) is 9.69. The molecule has 0 spiro atoms. The molecule has 2 saturated heterocycles. The fourth-order valence-corrected chi connectivity index (χ4v) is 4.42. The van der Waals surface area contributed by atoms with Crippen LogP contribution in [0.4, 0.5) is 4.79 Å². The number of nitrogens with one attached hydrogen (secondary N) is 1. The Morgan fingerprint density at radius 2 is 2.00 bits per heavy atom. The van der Waals surface area contributed by atoms with Crippen molar-refractivity contribution >= 4 is 6.03 Å². The summed E-state index contributed by atoms with van der Waals surface area (Å²) in [6.07, 6.45) is 0.997. The number of fused-ring (bicyclic) bond motifs is 1. The molecule has 0 saturated carbocycles. The molecule has 0 bridgehead atoms. The minimum absolute atomic E-state index is 0.00339. The summed E-state index contributed by atoms with van der Waals surface area (Å²) in [5.41, 5.74) is 0.982. The second-order valence-electron chi connectivity index (χ2n) is 9.35. The van der Waals surface area contributed by atoms with E-state index < -0.39 is 0 Å².